The second-order valence-corrected chi connectivity index (χ2v) is 3.36. The second-order valence-electron chi connectivity index (χ2n) is 3.36. The third-order valence-electron chi connectivity index (χ3n) is 2.26. The summed E-state index contributed by atoms with van der Waals surface area (Å²) >= 11 is 0. The van der Waals surface area contributed by atoms with Crippen molar-refractivity contribution in [2.24, 2.45) is 5.73 Å². The van der Waals surface area contributed by atoms with Crippen molar-refractivity contribution in [1.82, 2.24) is 4.98 Å². The molecule has 0 aliphatic carbocycles. The van der Waals surface area contributed by atoms with Gasteiger partial charge < -0.3 is 10.2 Å². The Morgan fingerprint density at radius 3 is 3.00 bits per heavy atom. The van der Waals surface area contributed by atoms with Crippen molar-refractivity contribution in [2.45, 2.75) is 19.9 Å². The summed E-state index contributed by atoms with van der Waals surface area (Å²) in [4.78, 5) is 6.15. The van der Waals surface area contributed by atoms with Crippen LogP contribution >= 0.6 is 0 Å². The van der Waals surface area contributed by atoms with Crippen molar-refractivity contribution in [3.63, 3.8) is 0 Å². The van der Waals surface area contributed by atoms with E-state index < -0.39 is 0 Å². The van der Waals surface area contributed by atoms with E-state index in [1.54, 1.807) is 6.26 Å². The molecule has 0 bridgehead atoms. The third-order valence-corrected chi connectivity index (χ3v) is 2.26. The maximum absolute atomic E-state index is 5.81. The third kappa shape index (κ3) is 1.39. The maximum Gasteiger partial charge on any atom is 0.302 e. The van der Waals surface area contributed by atoms with Crippen LogP contribution in [-0.4, -0.2) is 11.0 Å². The van der Waals surface area contributed by atoms with Crippen molar-refractivity contribution in [3.05, 3.63) is 36.0 Å². The molecule has 4 nitrogen and oxygen atoms in total. The van der Waals surface area contributed by atoms with E-state index in [0.29, 0.717) is 6.01 Å². The largest absolute Gasteiger partial charge is 0.432 e. The van der Waals surface area contributed by atoms with E-state index in [4.69, 9.17) is 10.2 Å². The fraction of sp³-hybridized carbons (Fsp3) is 0.300. The SMILES string of the molecule is Cc1coc(N2C=CC=C(N)C2C)n1. The van der Waals surface area contributed by atoms with Gasteiger partial charge in [-0.25, -0.2) is 0 Å². The van der Waals surface area contributed by atoms with Gasteiger partial charge in [-0.1, -0.05) is 0 Å². The van der Waals surface area contributed by atoms with Gasteiger partial charge in [-0.15, -0.1) is 0 Å². The van der Waals surface area contributed by atoms with Crippen LogP contribution in [0.4, 0.5) is 6.01 Å². The molecule has 4 heteroatoms. The first-order valence-electron chi connectivity index (χ1n) is 4.53. The molecule has 0 amide bonds. The summed E-state index contributed by atoms with van der Waals surface area (Å²) in [5.41, 5.74) is 7.49. The number of rotatable bonds is 1. The lowest BCUT2D eigenvalue weighted by atomic mass is 10.1. The Hall–Kier alpha value is -1.71. The maximum atomic E-state index is 5.81. The lowest BCUT2D eigenvalue weighted by molar-refractivity contribution is 0.538. The highest BCUT2D eigenvalue weighted by atomic mass is 16.4. The Bertz CT molecular complexity index is 392. The number of hydrogen-bond donors (Lipinski definition) is 1. The van der Waals surface area contributed by atoms with Gasteiger partial charge in [0, 0.05) is 11.9 Å². The Labute approximate surface area is 82.7 Å². The molecule has 1 aromatic heterocycles. The van der Waals surface area contributed by atoms with E-state index in [9.17, 15) is 0 Å². The summed E-state index contributed by atoms with van der Waals surface area (Å²) in [6, 6.07) is 0.681. The Morgan fingerprint density at radius 1 is 1.57 bits per heavy atom. The van der Waals surface area contributed by atoms with Gasteiger partial charge in [-0.05, 0) is 26.0 Å². The molecule has 1 aliphatic heterocycles. The van der Waals surface area contributed by atoms with Crippen LogP contribution < -0.4 is 10.6 Å². The molecular weight excluding hydrogens is 178 g/mol. The van der Waals surface area contributed by atoms with Crippen LogP contribution in [0.5, 0.6) is 0 Å². The topological polar surface area (TPSA) is 55.3 Å². The van der Waals surface area contributed by atoms with Gasteiger partial charge in [0.2, 0.25) is 0 Å². The first-order valence-corrected chi connectivity index (χ1v) is 4.53. The summed E-state index contributed by atoms with van der Waals surface area (Å²) < 4.78 is 5.30. The number of oxazole rings is 1. The molecule has 2 N–H and O–H groups in total. The minimum Gasteiger partial charge on any atom is -0.432 e. The molecular formula is C10H13N3O. The first kappa shape index (κ1) is 8.87. The zero-order chi connectivity index (χ0) is 10.1. The van der Waals surface area contributed by atoms with E-state index in [1.165, 1.54) is 0 Å². The molecule has 1 atom stereocenters. The number of nitrogens with two attached hydrogens (primary N) is 1. The Kier molecular flexibility index (Phi) is 2.04. The summed E-state index contributed by atoms with van der Waals surface area (Å²) in [6.45, 7) is 3.90. The van der Waals surface area contributed by atoms with Crippen LogP contribution in [0.25, 0.3) is 0 Å². The van der Waals surface area contributed by atoms with Crippen molar-refractivity contribution in [3.8, 4) is 0 Å². The van der Waals surface area contributed by atoms with Gasteiger partial charge in [0.15, 0.2) is 0 Å². The molecule has 0 radical (unpaired) electrons. The highest BCUT2D eigenvalue weighted by Crippen LogP contribution is 2.21. The average Bonchev–Trinajstić information content (AvgIpc) is 2.57. The smallest absolute Gasteiger partial charge is 0.302 e. The predicted octanol–water partition coefficient (Wildman–Crippen LogP) is 1.55. The van der Waals surface area contributed by atoms with Crippen molar-refractivity contribution >= 4 is 6.01 Å². The van der Waals surface area contributed by atoms with Crippen LogP contribution in [-0.2, 0) is 0 Å². The van der Waals surface area contributed by atoms with Crippen LogP contribution in [0, 0.1) is 6.92 Å². The molecule has 2 heterocycles. The van der Waals surface area contributed by atoms with Gasteiger partial charge in [-0.3, -0.25) is 4.90 Å². The predicted molar refractivity (Wildman–Crippen MR) is 54.6 cm³/mol. The number of hydrogen-bond acceptors (Lipinski definition) is 4. The minimum atomic E-state index is 0.0954. The quantitative estimate of drug-likeness (QED) is 0.731. The molecule has 1 aromatic rings. The zero-order valence-electron chi connectivity index (χ0n) is 8.27. The number of nitrogens with zero attached hydrogens (tertiary/aromatic N) is 2. The van der Waals surface area contributed by atoms with Crippen molar-refractivity contribution in [2.75, 3.05) is 4.90 Å². The van der Waals surface area contributed by atoms with Crippen LogP contribution in [0.15, 0.2) is 34.7 Å². The van der Waals surface area contributed by atoms with E-state index in [0.717, 1.165) is 11.4 Å². The fourth-order valence-corrected chi connectivity index (χ4v) is 1.37. The molecule has 1 unspecified atom stereocenters. The number of anilines is 1. The normalized spacial score (nSPS) is 21.1. The molecule has 2 rings (SSSR count). The van der Waals surface area contributed by atoms with Gasteiger partial charge >= 0.3 is 6.01 Å². The summed E-state index contributed by atoms with van der Waals surface area (Å²) in [7, 11) is 0. The second kappa shape index (κ2) is 3.21. The Balaban J connectivity index is 2.28. The number of aromatic nitrogens is 1. The summed E-state index contributed by atoms with van der Waals surface area (Å²) in [5.74, 6) is 0. The molecule has 1 aliphatic rings. The molecule has 14 heavy (non-hydrogen) atoms. The van der Waals surface area contributed by atoms with Crippen molar-refractivity contribution in [1.29, 1.82) is 0 Å². The molecule has 0 spiro atoms. The molecule has 0 aromatic carbocycles. The number of aryl methyl sites for hydroxylation is 1. The average molecular weight is 191 g/mol. The van der Waals surface area contributed by atoms with Crippen LogP contribution in [0.3, 0.4) is 0 Å². The highest BCUT2D eigenvalue weighted by molar-refractivity contribution is 5.42. The zero-order valence-corrected chi connectivity index (χ0v) is 8.27. The first-order chi connectivity index (χ1) is 6.68. The van der Waals surface area contributed by atoms with Crippen molar-refractivity contribution < 1.29 is 4.42 Å². The molecule has 74 valence electrons. The van der Waals surface area contributed by atoms with Gasteiger partial charge in [0.1, 0.15) is 6.26 Å². The van der Waals surface area contributed by atoms with E-state index >= 15 is 0 Å². The Morgan fingerprint density at radius 2 is 2.36 bits per heavy atom. The summed E-state index contributed by atoms with van der Waals surface area (Å²) in [6.07, 6.45) is 7.31. The fourth-order valence-electron chi connectivity index (χ4n) is 1.37. The van der Waals surface area contributed by atoms with Gasteiger partial charge in [0.05, 0.1) is 11.7 Å². The van der Waals surface area contributed by atoms with E-state index in [-0.39, 0.29) is 6.04 Å². The van der Waals surface area contributed by atoms with Gasteiger partial charge in [0.25, 0.3) is 0 Å². The molecule has 0 saturated carbocycles. The standard InChI is InChI=1S/C10H13N3O/c1-7-6-14-10(12-7)13-5-3-4-9(11)8(13)2/h3-6,8H,11H2,1-2H3. The monoisotopic (exact) mass is 191 g/mol. The lowest BCUT2D eigenvalue weighted by Gasteiger charge is -2.26. The van der Waals surface area contributed by atoms with E-state index in [2.05, 4.69) is 4.98 Å². The molecule has 0 fully saturated rings. The summed E-state index contributed by atoms with van der Waals surface area (Å²) in [5, 5.41) is 0. The van der Waals surface area contributed by atoms with Crippen LogP contribution in [0.2, 0.25) is 0 Å². The highest BCUT2D eigenvalue weighted by Gasteiger charge is 2.20. The minimum absolute atomic E-state index is 0.0954. The van der Waals surface area contributed by atoms with E-state index in [1.807, 2.05) is 37.1 Å². The number of allylic oxidation sites excluding steroid dienone is 2. The van der Waals surface area contributed by atoms with Crippen LogP contribution in [0.1, 0.15) is 12.6 Å². The van der Waals surface area contributed by atoms with Gasteiger partial charge in [-0.2, -0.15) is 4.98 Å². The lowest BCUT2D eigenvalue weighted by Crippen LogP contribution is -2.34. The molecule has 0 saturated heterocycles.